The second-order valence-corrected chi connectivity index (χ2v) is 5.53. The first-order chi connectivity index (χ1) is 9.84. The third-order valence-corrected chi connectivity index (χ3v) is 4.24. The molecule has 2 aromatic carbocycles. The van der Waals surface area contributed by atoms with Gasteiger partial charge in [-0.05, 0) is 55.1 Å². The molecule has 1 aliphatic heterocycles. The van der Waals surface area contributed by atoms with Gasteiger partial charge in [-0.25, -0.2) is 4.39 Å². The summed E-state index contributed by atoms with van der Waals surface area (Å²) in [5.41, 5.74) is 2.57. The van der Waals surface area contributed by atoms with Gasteiger partial charge in [-0.2, -0.15) is 0 Å². The lowest BCUT2D eigenvalue weighted by molar-refractivity contribution is 0.342. The summed E-state index contributed by atoms with van der Waals surface area (Å²) in [5.74, 6) is 0.842. The minimum atomic E-state index is -0.161. The van der Waals surface area contributed by atoms with Crippen LogP contribution in [0.3, 0.4) is 0 Å². The Labute approximate surface area is 132 Å². The lowest BCUT2D eigenvalue weighted by Crippen LogP contribution is -2.31. The second-order valence-electron chi connectivity index (χ2n) is 5.53. The largest absolute Gasteiger partial charge is 0.317 e. The van der Waals surface area contributed by atoms with E-state index in [-0.39, 0.29) is 18.2 Å². The monoisotopic (exact) mass is 305 g/mol. The van der Waals surface area contributed by atoms with Gasteiger partial charge in [-0.15, -0.1) is 12.4 Å². The summed E-state index contributed by atoms with van der Waals surface area (Å²) >= 11 is 0. The molecule has 2 aromatic rings. The molecule has 3 rings (SSSR count). The highest BCUT2D eigenvalue weighted by atomic mass is 35.5. The summed E-state index contributed by atoms with van der Waals surface area (Å²) in [7, 11) is 0. The molecule has 1 N–H and O–H groups in total. The van der Waals surface area contributed by atoms with Gasteiger partial charge in [0.25, 0.3) is 0 Å². The molecule has 1 atom stereocenters. The number of nitrogens with one attached hydrogen (secondary N) is 1. The van der Waals surface area contributed by atoms with Gasteiger partial charge < -0.3 is 5.32 Å². The molecule has 0 aliphatic carbocycles. The minimum absolute atomic E-state index is 0. The van der Waals surface area contributed by atoms with Crippen LogP contribution in [-0.2, 0) is 0 Å². The normalized spacial score (nSPS) is 17.0. The molecule has 1 saturated heterocycles. The molecule has 0 aromatic heterocycles. The quantitative estimate of drug-likeness (QED) is 0.887. The summed E-state index contributed by atoms with van der Waals surface area (Å²) in [6, 6.07) is 17.6. The van der Waals surface area contributed by atoms with Crippen LogP contribution in [0.2, 0.25) is 0 Å². The van der Waals surface area contributed by atoms with Crippen molar-refractivity contribution in [3.63, 3.8) is 0 Å². The fraction of sp³-hybridized carbons (Fsp3) is 0.333. The summed E-state index contributed by atoms with van der Waals surface area (Å²) in [4.78, 5) is 0. The zero-order valence-electron chi connectivity index (χ0n) is 12.0. The predicted octanol–water partition coefficient (Wildman–Crippen LogP) is 4.38. The van der Waals surface area contributed by atoms with Crippen molar-refractivity contribution in [3.05, 3.63) is 71.5 Å². The minimum Gasteiger partial charge on any atom is -0.317 e. The molecule has 1 nitrogen and oxygen atoms in total. The molecule has 1 aliphatic rings. The number of rotatable bonds is 3. The average molecular weight is 306 g/mol. The molecule has 3 heteroatoms. The lowest BCUT2D eigenvalue weighted by Gasteiger charge is -2.31. The van der Waals surface area contributed by atoms with Crippen molar-refractivity contribution >= 4 is 12.4 Å². The standard InChI is InChI=1S/C18H20FN.ClH/c19-17-8-6-15(7-9-17)18(14-4-2-1-3-5-14)16-10-12-20-13-11-16;/h1-9,16,18,20H,10-13H2;1H. The van der Waals surface area contributed by atoms with Gasteiger partial charge in [0.2, 0.25) is 0 Å². The van der Waals surface area contributed by atoms with Crippen molar-refractivity contribution in [2.45, 2.75) is 18.8 Å². The number of hydrogen-bond donors (Lipinski definition) is 1. The fourth-order valence-corrected chi connectivity index (χ4v) is 3.24. The molecule has 1 fully saturated rings. The van der Waals surface area contributed by atoms with Crippen molar-refractivity contribution < 1.29 is 4.39 Å². The third-order valence-electron chi connectivity index (χ3n) is 4.24. The van der Waals surface area contributed by atoms with Crippen LogP contribution in [0, 0.1) is 11.7 Å². The van der Waals surface area contributed by atoms with Crippen LogP contribution in [0.15, 0.2) is 54.6 Å². The first kappa shape index (κ1) is 16.0. The molecule has 0 bridgehead atoms. The van der Waals surface area contributed by atoms with Gasteiger partial charge >= 0.3 is 0 Å². The van der Waals surface area contributed by atoms with Gasteiger partial charge in [-0.3, -0.25) is 0 Å². The van der Waals surface area contributed by atoms with Crippen LogP contribution < -0.4 is 5.32 Å². The van der Waals surface area contributed by atoms with Gasteiger partial charge in [-0.1, -0.05) is 42.5 Å². The first-order valence-electron chi connectivity index (χ1n) is 7.36. The predicted molar refractivity (Wildman–Crippen MR) is 87.5 cm³/mol. The zero-order valence-corrected chi connectivity index (χ0v) is 12.8. The molecule has 1 unspecified atom stereocenters. The molecule has 21 heavy (non-hydrogen) atoms. The topological polar surface area (TPSA) is 12.0 Å². The SMILES string of the molecule is Cl.Fc1ccc(C(c2ccccc2)C2CCNCC2)cc1. The summed E-state index contributed by atoms with van der Waals surface area (Å²) in [5, 5.41) is 3.42. The molecular weight excluding hydrogens is 285 g/mol. The van der Waals surface area contributed by atoms with E-state index < -0.39 is 0 Å². The van der Waals surface area contributed by atoms with E-state index in [1.54, 1.807) is 12.1 Å². The van der Waals surface area contributed by atoms with Crippen molar-refractivity contribution in [1.29, 1.82) is 0 Å². The van der Waals surface area contributed by atoms with Crippen molar-refractivity contribution in [2.24, 2.45) is 5.92 Å². The Morgan fingerprint density at radius 3 is 2.05 bits per heavy atom. The van der Waals surface area contributed by atoms with Gasteiger partial charge in [0.1, 0.15) is 5.82 Å². The maximum atomic E-state index is 13.2. The van der Waals surface area contributed by atoms with Crippen LogP contribution in [0.25, 0.3) is 0 Å². The summed E-state index contributed by atoms with van der Waals surface area (Å²) < 4.78 is 13.2. The van der Waals surface area contributed by atoms with Gasteiger partial charge in [0.15, 0.2) is 0 Å². The second kappa shape index (κ2) is 7.58. The molecule has 0 saturated carbocycles. The molecule has 1 heterocycles. The van der Waals surface area contributed by atoms with E-state index in [0.29, 0.717) is 11.8 Å². The highest BCUT2D eigenvalue weighted by Gasteiger charge is 2.26. The Hall–Kier alpha value is -1.38. The Bertz CT molecular complexity index is 535. The number of benzene rings is 2. The molecule has 112 valence electrons. The molecule has 0 spiro atoms. The van der Waals surface area contributed by atoms with Crippen molar-refractivity contribution in [3.8, 4) is 0 Å². The van der Waals surface area contributed by atoms with E-state index in [1.807, 2.05) is 18.2 Å². The average Bonchev–Trinajstić information content (AvgIpc) is 2.52. The van der Waals surface area contributed by atoms with Crippen LogP contribution in [0.4, 0.5) is 4.39 Å². The first-order valence-corrected chi connectivity index (χ1v) is 7.36. The summed E-state index contributed by atoms with van der Waals surface area (Å²) in [6.07, 6.45) is 2.36. The van der Waals surface area contributed by atoms with E-state index >= 15 is 0 Å². The highest BCUT2D eigenvalue weighted by molar-refractivity contribution is 5.85. The Morgan fingerprint density at radius 1 is 0.857 bits per heavy atom. The lowest BCUT2D eigenvalue weighted by atomic mass is 9.76. The van der Waals surface area contributed by atoms with E-state index in [4.69, 9.17) is 0 Å². The zero-order chi connectivity index (χ0) is 13.8. The molecule has 0 radical (unpaired) electrons. The fourth-order valence-electron chi connectivity index (χ4n) is 3.24. The van der Waals surface area contributed by atoms with Crippen molar-refractivity contribution in [2.75, 3.05) is 13.1 Å². The van der Waals surface area contributed by atoms with E-state index in [9.17, 15) is 4.39 Å². The van der Waals surface area contributed by atoms with Crippen LogP contribution in [-0.4, -0.2) is 13.1 Å². The molecule has 0 amide bonds. The number of hydrogen-bond acceptors (Lipinski definition) is 1. The maximum absolute atomic E-state index is 13.2. The smallest absolute Gasteiger partial charge is 0.123 e. The van der Waals surface area contributed by atoms with Gasteiger partial charge in [0, 0.05) is 5.92 Å². The Balaban J connectivity index is 0.00000161. The van der Waals surface area contributed by atoms with E-state index in [1.165, 1.54) is 24.0 Å². The number of halogens is 2. The van der Waals surface area contributed by atoms with E-state index in [0.717, 1.165) is 13.1 Å². The van der Waals surface area contributed by atoms with E-state index in [2.05, 4.69) is 29.6 Å². The highest BCUT2D eigenvalue weighted by Crippen LogP contribution is 2.36. The van der Waals surface area contributed by atoms with Gasteiger partial charge in [0.05, 0.1) is 0 Å². The number of piperidine rings is 1. The Morgan fingerprint density at radius 2 is 1.43 bits per heavy atom. The van der Waals surface area contributed by atoms with Crippen LogP contribution in [0.5, 0.6) is 0 Å². The Kier molecular flexibility index (Phi) is 5.77. The third kappa shape index (κ3) is 3.84. The van der Waals surface area contributed by atoms with Crippen LogP contribution >= 0.6 is 12.4 Å². The summed E-state index contributed by atoms with van der Waals surface area (Å²) in [6.45, 7) is 2.16. The maximum Gasteiger partial charge on any atom is 0.123 e. The van der Waals surface area contributed by atoms with Crippen LogP contribution in [0.1, 0.15) is 29.9 Å². The molecular formula is C18H21ClFN. The van der Waals surface area contributed by atoms with Crippen molar-refractivity contribution in [1.82, 2.24) is 5.32 Å².